The van der Waals surface area contributed by atoms with Crippen molar-refractivity contribution in [3.63, 3.8) is 0 Å². The standard InChI is InChI=1S/C33H38F2N8O3/c1-19-11-25-23(14-37-41-25)27-22(19)5-2-3-6-26(44)38-21-16-42(9-10-45-17-21)31-24-13-36-30(27)28(35)29(24)39-32(40-31)46-18-33-7-4-8-43(33)15-20(34)12-33/h11,13-14,20-21H,2-10,12,15-18H2,1H3,(H,37,41)(H,38,44)/t20-,21+,33+/m1/s1. The van der Waals surface area contributed by atoms with Crippen LogP contribution in [0.15, 0.2) is 18.5 Å². The lowest BCUT2D eigenvalue weighted by Gasteiger charge is -2.31. The third kappa shape index (κ3) is 5.13. The third-order valence-corrected chi connectivity index (χ3v) is 10.2. The number of alkyl halides is 1. The first-order chi connectivity index (χ1) is 22.4. The van der Waals surface area contributed by atoms with Crippen molar-refractivity contribution >= 4 is 33.5 Å². The van der Waals surface area contributed by atoms with Gasteiger partial charge in [0.05, 0.1) is 41.9 Å². The molecule has 0 spiro atoms. The summed E-state index contributed by atoms with van der Waals surface area (Å²) in [6.45, 7) is 5.12. The fourth-order valence-electron chi connectivity index (χ4n) is 7.99. The predicted molar refractivity (Wildman–Crippen MR) is 168 cm³/mol. The average molecular weight is 633 g/mol. The maximum atomic E-state index is 17.0. The summed E-state index contributed by atoms with van der Waals surface area (Å²) in [5, 5.41) is 11.6. The summed E-state index contributed by atoms with van der Waals surface area (Å²) in [5.41, 5.74) is 3.29. The number of aryl methyl sites for hydroxylation is 1. The van der Waals surface area contributed by atoms with Crippen LogP contribution in [-0.4, -0.2) is 99.7 Å². The lowest BCUT2D eigenvalue weighted by molar-refractivity contribution is -0.122. The van der Waals surface area contributed by atoms with Gasteiger partial charge in [-0.3, -0.25) is 19.8 Å². The van der Waals surface area contributed by atoms with E-state index in [0.717, 1.165) is 47.8 Å². The monoisotopic (exact) mass is 632 g/mol. The Balaban J connectivity index is 1.30. The molecule has 9 rings (SSSR count). The molecule has 11 nitrogen and oxygen atoms in total. The molecule has 46 heavy (non-hydrogen) atoms. The fraction of sp³-hybridized carbons (Fsp3) is 0.545. The highest BCUT2D eigenvalue weighted by atomic mass is 19.1. The van der Waals surface area contributed by atoms with Crippen LogP contribution in [-0.2, 0) is 16.0 Å². The van der Waals surface area contributed by atoms with Gasteiger partial charge in [0.2, 0.25) is 5.91 Å². The van der Waals surface area contributed by atoms with Crippen molar-refractivity contribution in [3.8, 4) is 17.3 Å². The number of pyridine rings is 1. The average Bonchev–Trinajstić information content (AvgIpc) is 3.68. The molecule has 2 N–H and O–H groups in total. The number of rotatable bonds is 3. The molecular formula is C33H38F2N8O3. The quantitative estimate of drug-likeness (QED) is 0.345. The van der Waals surface area contributed by atoms with Gasteiger partial charge in [-0.1, -0.05) is 0 Å². The molecule has 1 aromatic carbocycles. The molecule has 5 aliphatic heterocycles. The lowest BCUT2D eigenvalue weighted by atomic mass is 9.91. The van der Waals surface area contributed by atoms with Crippen LogP contribution in [0.4, 0.5) is 14.6 Å². The predicted octanol–water partition coefficient (Wildman–Crippen LogP) is 4.02. The maximum Gasteiger partial charge on any atom is 0.319 e. The number of hydrogen-bond acceptors (Lipinski definition) is 9. The molecule has 8 heterocycles. The zero-order valence-corrected chi connectivity index (χ0v) is 26.0. The number of aromatic nitrogens is 5. The van der Waals surface area contributed by atoms with E-state index in [4.69, 9.17) is 19.4 Å². The van der Waals surface area contributed by atoms with Gasteiger partial charge < -0.3 is 19.7 Å². The summed E-state index contributed by atoms with van der Waals surface area (Å²) in [6.07, 6.45) is 7.11. The minimum atomic E-state index is -0.901. The van der Waals surface area contributed by atoms with Gasteiger partial charge in [0, 0.05) is 49.6 Å². The number of nitrogens with zero attached hydrogens (tertiary/aromatic N) is 6. The number of halogens is 2. The van der Waals surface area contributed by atoms with Crippen LogP contribution < -0.4 is 15.0 Å². The Kier molecular flexibility index (Phi) is 7.47. The fourth-order valence-corrected chi connectivity index (χ4v) is 7.99. The smallest absolute Gasteiger partial charge is 0.319 e. The highest BCUT2D eigenvalue weighted by molar-refractivity contribution is 5.99. The van der Waals surface area contributed by atoms with Crippen LogP contribution >= 0.6 is 0 Å². The van der Waals surface area contributed by atoms with Gasteiger partial charge in [-0.25, -0.2) is 8.78 Å². The summed E-state index contributed by atoms with van der Waals surface area (Å²) < 4.78 is 43.7. The van der Waals surface area contributed by atoms with Crippen LogP contribution in [0, 0.1) is 12.7 Å². The second kappa shape index (κ2) is 11.7. The van der Waals surface area contributed by atoms with Gasteiger partial charge >= 0.3 is 6.01 Å². The molecule has 3 atom stereocenters. The minimum Gasteiger partial charge on any atom is -0.461 e. The Morgan fingerprint density at radius 3 is 2.93 bits per heavy atom. The minimum absolute atomic E-state index is 0.0270. The van der Waals surface area contributed by atoms with E-state index in [1.54, 1.807) is 12.4 Å². The molecule has 6 bridgehead atoms. The van der Waals surface area contributed by atoms with E-state index in [2.05, 4.69) is 25.4 Å². The van der Waals surface area contributed by atoms with Crippen molar-refractivity contribution in [2.24, 2.45) is 0 Å². The van der Waals surface area contributed by atoms with Crippen molar-refractivity contribution in [3.05, 3.63) is 35.4 Å². The summed E-state index contributed by atoms with van der Waals surface area (Å²) in [7, 11) is 0. The van der Waals surface area contributed by atoms with E-state index in [1.165, 1.54) is 0 Å². The van der Waals surface area contributed by atoms with E-state index >= 15 is 4.39 Å². The van der Waals surface area contributed by atoms with E-state index in [1.807, 2.05) is 17.9 Å². The number of aromatic amines is 1. The van der Waals surface area contributed by atoms with E-state index < -0.39 is 17.5 Å². The Morgan fingerprint density at radius 2 is 2.02 bits per heavy atom. The molecule has 0 saturated carbocycles. The summed E-state index contributed by atoms with van der Waals surface area (Å²) >= 11 is 0. The number of anilines is 1. The third-order valence-electron chi connectivity index (χ3n) is 10.2. The normalized spacial score (nSPS) is 25.6. The van der Waals surface area contributed by atoms with Crippen LogP contribution in [0.3, 0.4) is 0 Å². The topological polar surface area (TPSA) is 121 Å². The van der Waals surface area contributed by atoms with Crippen molar-refractivity contribution in [1.82, 2.24) is 35.4 Å². The van der Waals surface area contributed by atoms with Gasteiger partial charge in [0.1, 0.15) is 29.8 Å². The van der Waals surface area contributed by atoms with E-state index in [0.29, 0.717) is 75.3 Å². The first-order valence-corrected chi connectivity index (χ1v) is 16.3. The van der Waals surface area contributed by atoms with Gasteiger partial charge in [-0.15, -0.1) is 0 Å². The molecule has 3 saturated heterocycles. The molecular weight excluding hydrogens is 594 g/mol. The lowest BCUT2D eigenvalue weighted by Crippen LogP contribution is -2.45. The molecule has 13 heteroatoms. The number of carbonyl (C=O) groups is 1. The second-order valence-electron chi connectivity index (χ2n) is 13.2. The summed E-state index contributed by atoms with van der Waals surface area (Å²) in [4.78, 5) is 31.4. The van der Waals surface area contributed by atoms with Gasteiger partial charge in [-0.05, 0) is 62.8 Å². The molecule has 0 unspecified atom stereocenters. The number of hydrogen-bond donors (Lipinski definition) is 2. The van der Waals surface area contributed by atoms with Gasteiger partial charge in [0.25, 0.3) is 0 Å². The Hall–Kier alpha value is -3.97. The van der Waals surface area contributed by atoms with Crippen LogP contribution in [0.5, 0.6) is 6.01 Å². The SMILES string of the molecule is Cc1cc2[nH]ncc2c2c1CCCCC(=O)N[C@@H]1COCCN(C1)c1nc(OC[C@@]34CCCN3C[C@H](F)C4)nc3c(F)c-2ncc13. The zero-order valence-electron chi connectivity index (χ0n) is 26.0. The van der Waals surface area contributed by atoms with Crippen molar-refractivity contribution in [2.45, 2.75) is 69.6 Å². The number of carbonyl (C=O) groups excluding carboxylic acids is 1. The molecule has 4 aromatic rings. The number of amides is 1. The highest BCUT2D eigenvalue weighted by Crippen LogP contribution is 2.41. The van der Waals surface area contributed by atoms with Gasteiger partial charge in [0.15, 0.2) is 5.82 Å². The molecule has 242 valence electrons. The number of ether oxygens (including phenoxy) is 2. The highest BCUT2D eigenvalue weighted by Gasteiger charge is 2.49. The van der Waals surface area contributed by atoms with Crippen molar-refractivity contribution < 1.29 is 23.0 Å². The second-order valence-corrected chi connectivity index (χ2v) is 13.2. The zero-order chi connectivity index (χ0) is 31.4. The van der Waals surface area contributed by atoms with Gasteiger partial charge in [-0.2, -0.15) is 15.1 Å². The molecule has 0 radical (unpaired) electrons. The Morgan fingerprint density at radius 1 is 1.13 bits per heavy atom. The van der Waals surface area contributed by atoms with Crippen molar-refractivity contribution in [1.29, 1.82) is 0 Å². The van der Waals surface area contributed by atoms with E-state index in [9.17, 15) is 9.18 Å². The molecule has 1 amide bonds. The van der Waals surface area contributed by atoms with Crippen LogP contribution in [0.2, 0.25) is 0 Å². The van der Waals surface area contributed by atoms with Crippen molar-refractivity contribution in [2.75, 3.05) is 50.9 Å². The number of benzene rings is 1. The number of nitrogens with one attached hydrogen (secondary N) is 2. The number of fused-ring (bicyclic) bond motifs is 8. The molecule has 3 fully saturated rings. The van der Waals surface area contributed by atoms with E-state index in [-0.39, 0.29) is 35.8 Å². The molecule has 3 aromatic heterocycles. The molecule has 0 aliphatic carbocycles. The Bertz CT molecular complexity index is 1820. The van der Waals surface area contributed by atoms with Crippen LogP contribution in [0.25, 0.3) is 33.1 Å². The first-order valence-electron chi connectivity index (χ1n) is 16.3. The Labute approximate surface area is 265 Å². The summed E-state index contributed by atoms with van der Waals surface area (Å²) in [5.74, 6) is -0.127. The largest absolute Gasteiger partial charge is 0.461 e. The number of H-pyrrole nitrogens is 1. The summed E-state index contributed by atoms with van der Waals surface area (Å²) in [6, 6.07) is 1.77. The van der Waals surface area contributed by atoms with Crippen LogP contribution in [0.1, 0.15) is 49.7 Å². The molecule has 5 aliphatic rings. The maximum absolute atomic E-state index is 17.0. The first kappa shape index (κ1) is 29.4.